The van der Waals surface area contributed by atoms with Crippen LogP contribution in [0.25, 0.3) is 21.7 Å². The predicted octanol–water partition coefficient (Wildman–Crippen LogP) is 6.09. The van der Waals surface area contributed by atoms with E-state index in [1.165, 1.54) is 0 Å². The van der Waals surface area contributed by atoms with Crippen LogP contribution in [0.2, 0.25) is 5.02 Å². The van der Waals surface area contributed by atoms with E-state index >= 15 is 0 Å². The highest BCUT2D eigenvalue weighted by molar-refractivity contribution is 6.31. The van der Waals surface area contributed by atoms with E-state index in [4.69, 9.17) is 20.8 Å². The van der Waals surface area contributed by atoms with Crippen molar-refractivity contribution in [3.63, 3.8) is 0 Å². The first kappa shape index (κ1) is 16.7. The highest BCUT2D eigenvalue weighted by atomic mass is 35.5. The highest BCUT2D eigenvalue weighted by Crippen LogP contribution is 2.31. The molecule has 0 aliphatic heterocycles. The lowest BCUT2D eigenvalue weighted by atomic mass is 10.0. The van der Waals surface area contributed by atoms with Crippen LogP contribution < -0.4 is 0 Å². The van der Waals surface area contributed by atoms with Crippen LogP contribution in [0.1, 0.15) is 24.2 Å². The fourth-order valence-corrected chi connectivity index (χ4v) is 3.56. The Bertz CT molecular complexity index is 1100. The van der Waals surface area contributed by atoms with E-state index < -0.39 is 6.10 Å². The molecule has 0 radical (unpaired) electrons. The molecule has 0 saturated heterocycles. The van der Waals surface area contributed by atoms with Gasteiger partial charge in [0.15, 0.2) is 0 Å². The van der Waals surface area contributed by atoms with Gasteiger partial charge in [-0.1, -0.05) is 60.1 Å². The Kier molecular flexibility index (Phi) is 4.39. The van der Waals surface area contributed by atoms with Crippen molar-refractivity contribution in [2.24, 2.45) is 0 Å². The lowest BCUT2D eigenvalue weighted by Crippen LogP contribution is -2.11. The Morgan fingerprint density at radius 3 is 2.69 bits per heavy atom. The number of carbonyl (C=O) groups excluding carboxylic acids is 1. The summed E-state index contributed by atoms with van der Waals surface area (Å²) in [6.07, 6.45) is 1.38. The van der Waals surface area contributed by atoms with E-state index in [0.717, 1.165) is 32.9 Å². The van der Waals surface area contributed by atoms with E-state index in [0.29, 0.717) is 5.02 Å². The maximum Gasteiger partial charge on any atom is 0.311 e. The van der Waals surface area contributed by atoms with Crippen LogP contribution in [0.3, 0.4) is 0 Å². The Balaban J connectivity index is 1.60. The van der Waals surface area contributed by atoms with Crippen molar-refractivity contribution in [2.45, 2.75) is 19.4 Å². The molecule has 4 aromatic rings. The van der Waals surface area contributed by atoms with Crippen LogP contribution in [0.5, 0.6) is 0 Å². The third-order valence-electron chi connectivity index (χ3n) is 4.53. The minimum atomic E-state index is -0.411. The fraction of sp³-hybridized carbons (Fsp3) is 0.136. The van der Waals surface area contributed by atoms with E-state index in [9.17, 15) is 4.79 Å². The number of carbonyl (C=O) groups is 1. The monoisotopic (exact) mass is 364 g/mol. The zero-order chi connectivity index (χ0) is 18.1. The summed E-state index contributed by atoms with van der Waals surface area (Å²) >= 11 is 6.18. The number of hydrogen-bond acceptors (Lipinski definition) is 3. The molecule has 0 N–H and O–H groups in total. The lowest BCUT2D eigenvalue weighted by Gasteiger charge is -2.14. The molecule has 130 valence electrons. The third kappa shape index (κ3) is 3.06. The fourth-order valence-electron chi connectivity index (χ4n) is 3.27. The van der Waals surface area contributed by atoms with Gasteiger partial charge >= 0.3 is 5.97 Å². The number of ether oxygens (including phenoxy) is 1. The number of furan rings is 1. The summed E-state index contributed by atoms with van der Waals surface area (Å²) in [6, 6.07) is 19.4. The van der Waals surface area contributed by atoms with Crippen LogP contribution in [0, 0.1) is 0 Å². The van der Waals surface area contributed by atoms with Gasteiger partial charge in [0, 0.05) is 21.5 Å². The minimum Gasteiger partial charge on any atom is -0.464 e. The van der Waals surface area contributed by atoms with Gasteiger partial charge in [0.1, 0.15) is 11.7 Å². The van der Waals surface area contributed by atoms with Gasteiger partial charge in [0.2, 0.25) is 0 Å². The molecule has 3 nitrogen and oxygen atoms in total. The molecule has 4 rings (SSSR count). The van der Waals surface area contributed by atoms with E-state index in [-0.39, 0.29) is 12.4 Å². The Hall–Kier alpha value is -2.78. The molecule has 1 aromatic heterocycles. The zero-order valence-corrected chi connectivity index (χ0v) is 15.0. The smallest absolute Gasteiger partial charge is 0.311 e. The third-order valence-corrected chi connectivity index (χ3v) is 4.87. The molecule has 0 bridgehead atoms. The summed E-state index contributed by atoms with van der Waals surface area (Å²) in [5.41, 5.74) is 2.39. The molecule has 1 atom stereocenters. The van der Waals surface area contributed by atoms with E-state index in [1.54, 1.807) is 12.3 Å². The van der Waals surface area contributed by atoms with Gasteiger partial charge in [0.25, 0.3) is 0 Å². The normalized spacial score (nSPS) is 12.4. The Labute approximate surface area is 156 Å². The number of halogens is 1. The topological polar surface area (TPSA) is 39.4 Å². The molecule has 0 aliphatic carbocycles. The number of benzene rings is 3. The highest BCUT2D eigenvalue weighted by Gasteiger charge is 2.18. The molecule has 4 heteroatoms. The maximum atomic E-state index is 12.5. The standard InChI is InChI=1S/C22H17ClO3/c1-14(17-7-4-5-9-19(17)23)26-21(24)12-16-13-25-20-11-10-15-6-2-3-8-18(15)22(16)20/h2-11,13-14H,12H2,1H3/t14-/m0/s1. The molecule has 0 amide bonds. The molecule has 0 aliphatic rings. The molecule has 3 aromatic carbocycles. The minimum absolute atomic E-state index is 0.149. The van der Waals surface area contributed by atoms with Gasteiger partial charge in [-0.2, -0.15) is 0 Å². The van der Waals surface area contributed by atoms with Gasteiger partial charge in [-0.25, -0.2) is 0 Å². The average Bonchev–Trinajstić information content (AvgIpc) is 3.05. The predicted molar refractivity (Wildman–Crippen MR) is 103 cm³/mol. The summed E-state index contributed by atoms with van der Waals surface area (Å²) in [5, 5.41) is 3.74. The van der Waals surface area contributed by atoms with Crippen molar-refractivity contribution < 1.29 is 13.9 Å². The van der Waals surface area contributed by atoms with E-state index in [2.05, 4.69) is 0 Å². The second-order valence-corrected chi connectivity index (χ2v) is 6.66. The number of fused-ring (bicyclic) bond motifs is 3. The molecular weight excluding hydrogens is 348 g/mol. The van der Waals surface area contributed by atoms with Crippen LogP contribution in [0.15, 0.2) is 71.3 Å². The zero-order valence-electron chi connectivity index (χ0n) is 14.2. The Morgan fingerprint density at radius 1 is 1.08 bits per heavy atom. The number of hydrogen-bond donors (Lipinski definition) is 0. The molecule has 1 heterocycles. The van der Waals surface area contributed by atoms with Crippen molar-refractivity contribution in [1.82, 2.24) is 0 Å². The Morgan fingerprint density at radius 2 is 1.85 bits per heavy atom. The van der Waals surface area contributed by atoms with Crippen molar-refractivity contribution in [3.05, 3.63) is 83.1 Å². The van der Waals surface area contributed by atoms with Crippen LogP contribution >= 0.6 is 11.6 Å². The van der Waals surface area contributed by atoms with Gasteiger partial charge in [-0.05, 0) is 29.8 Å². The molecule has 0 unspecified atom stereocenters. The number of rotatable bonds is 4. The maximum absolute atomic E-state index is 12.5. The van der Waals surface area contributed by atoms with E-state index in [1.807, 2.05) is 61.5 Å². The second-order valence-electron chi connectivity index (χ2n) is 6.25. The van der Waals surface area contributed by atoms with Crippen LogP contribution in [-0.4, -0.2) is 5.97 Å². The molecule has 26 heavy (non-hydrogen) atoms. The first-order valence-electron chi connectivity index (χ1n) is 8.45. The molecular formula is C22H17ClO3. The lowest BCUT2D eigenvalue weighted by molar-refractivity contribution is -0.147. The largest absolute Gasteiger partial charge is 0.464 e. The first-order valence-corrected chi connectivity index (χ1v) is 8.83. The van der Waals surface area contributed by atoms with Gasteiger partial charge in [-0.15, -0.1) is 0 Å². The first-order chi connectivity index (χ1) is 12.6. The van der Waals surface area contributed by atoms with Crippen LogP contribution in [0.4, 0.5) is 0 Å². The summed E-state index contributed by atoms with van der Waals surface area (Å²) in [7, 11) is 0. The number of esters is 1. The van der Waals surface area contributed by atoms with Crippen molar-refractivity contribution >= 4 is 39.3 Å². The van der Waals surface area contributed by atoms with Crippen LogP contribution in [-0.2, 0) is 16.0 Å². The SMILES string of the molecule is C[C@H](OC(=O)Cc1coc2ccc3ccccc3c12)c1ccccc1Cl. The van der Waals surface area contributed by atoms with Gasteiger partial charge in [-0.3, -0.25) is 4.79 Å². The van der Waals surface area contributed by atoms with Crippen molar-refractivity contribution in [1.29, 1.82) is 0 Å². The average molecular weight is 365 g/mol. The summed E-state index contributed by atoms with van der Waals surface area (Å²) < 4.78 is 11.2. The second kappa shape index (κ2) is 6.85. The van der Waals surface area contributed by atoms with Gasteiger partial charge < -0.3 is 9.15 Å². The quantitative estimate of drug-likeness (QED) is 0.411. The summed E-state index contributed by atoms with van der Waals surface area (Å²) in [5.74, 6) is -0.312. The van der Waals surface area contributed by atoms with Crippen molar-refractivity contribution in [3.8, 4) is 0 Å². The van der Waals surface area contributed by atoms with Crippen molar-refractivity contribution in [2.75, 3.05) is 0 Å². The molecule has 0 saturated carbocycles. The summed E-state index contributed by atoms with van der Waals surface area (Å²) in [4.78, 5) is 12.5. The molecule has 0 fully saturated rings. The molecule has 0 spiro atoms. The summed E-state index contributed by atoms with van der Waals surface area (Å²) in [6.45, 7) is 1.82. The van der Waals surface area contributed by atoms with Gasteiger partial charge in [0.05, 0.1) is 12.7 Å².